The molecule has 2 rings (SSSR count). The van der Waals surface area contributed by atoms with Crippen molar-refractivity contribution < 1.29 is 0 Å². The average Bonchev–Trinajstić information content (AvgIpc) is 2.54. The Morgan fingerprint density at radius 1 is 1.18 bits per heavy atom. The van der Waals surface area contributed by atoms with Crippen LogP contribution in [-0.4, -0.2) is 23.0 Å². The van der Waals surface area contributed by atoms with Crippen molar-refractivity contribution in [1.29, 1.82) is 0 Å². The van der Waals surface area contributed by atoms with E-state index in [-0.39, 0.29) is 0 Å². The fourth-order valence-electron chi connectivity index (χ4n) is 2.99. The molecule has 0 amide bonds. The van der Waals surface area contributed by atoms with Crippen LogP contribution in [0.2, 0.25) is 0 Å². The summed E-state index contributed by atoms with van der Waals surface area (Å²) in [4.78, 5) is 2.78. The van der Waals surface area contributed by atoms with E-state index in [2.05, 4.69) is 18.7 Å². The molecule has 2 heterocycles. The quantitative estimate of drug-likeness (QED) is 0.559. The fraction of sp³-hybridized carbons (Fsp3) is 1.00. The Hall–Kier alpha value is -0.0400. The zero-order chi connectivity index (χ0) is 7.84. The molecule has 11 heavy (non-hydrogen) atoms. The van der Waals surface area contributed by atoms with E-state index in [4.69, 9.17) is 0 Å². The third kappa shape index (κ3) is 1.10. The smallest absolute Gasteiger partial charge is 0.0102 e. The zero-order valence-electron chi connectivity index (χ0n) is 7.71. The summed E-state index contributed by atoms with van der Waals surface area (Å²) in [5.74, 6) is 0. The van der Waals surface area contributed by atoms with Crippen LogP contribution in [0, 0.1) is 0 Å². The Kier molecular flexibility index (Phi) is 1.92. The van der Waals surface area contributed by atoms with Crippen LogP contribution in [0.25, 0.3) is 0 Å². The highest BCUT2D eigenvalue weighted by Crippen LogP contribution is 2.37. The number of hydrogen-bond donors (Lipinski definition) is 0. The van der Waals surface area contributed by atoms with Gasteiger partial charge in [0.2, 0.25) is 0 Å². The van der Waals surface area contributed by atoms with E-state index in [1.54, 1.807) is 0 Å². The summed E-state index contributed by atoms with van der Waals surface area (Å²) in [6, 6.07) is 2.78. The highest BCUT2D eigenvalue weighted by Gasteiger charge is 2.39. The first-order valence-corrected chi connectivity index (χ1v) is 5.10. The number of rotatable bonds is 1. The van der Waals surface area contributed by atoms with Crippen molar-refractivity contribution in [2.24, 2.45) is 0 Å². The van der Waals surface area contributed by atoms with Crippen LogP contribution in [0.15, 0.2) is 0 Å². The molecule has 3 unspecified atom stereocenters. The molecule has 0 radical (unpaired) electrons. The Balaban J connectivity index is 2.07. The van der Waals surface area contributed by atoms with Gasteiger partial charge in [-0.25, -0.2) is 0 Å². The van der Waals surface area contributed by atoms with Crippen molar-refractivity contribution in [3.63, 3.8) is 0 Å². The number of fused-ring (bicyclic) bond motifs is 1. The van der Waals surface area contributed by atoms with E-state index >= 15 is 0 Å². The molecule has 2 aliphatic rings. The van der Waals surface area contributed by atoms with Gasteiger partial charge in [0.15, 0.2) is 0 Å². The topological polar surface area (TPSA) is 3.24 Å². The number of hydrogen-bond acceptors (Lipinski definition) is 1. The molecular formula is C10H19N. The maximum absolute atomic E-state index is 2.78. The van der Waals surface area contributed by atoms with Crippen LogP contribution < -0.4 is 0 Å². The molecule has 0 saturated carbocycles. The summed E-state index contributed by atoms with van der Waals surface area (Å²) in [5.41, 5.74) is 0. The molecule has 2 saturated heterocycles. The molecule has 2 fully saturated rings. The molecule has 0 bridgehead atoms. The third-order valence-electron chi connectivity index (χ3n) is 3.57. The minimum Gasteiger partial charge on any atom is -0.295 e. The first kappa shape index (κ1) is 7.60. The molecular weight excluding hydrogens is 134 g/mol. The van der Waals surface area contributed by atoms with Gasteiger partial charge in [-0.2, -0.15) is 0 Å². The predicted octanol–water partition coefficient (Wildman–Crippen LogP) is 2.41. The van der Waals surface area contributed by atoms with Gasteiger partial charge in [0.05, 0.1) is 0 Å². The minimum atomic E-state index is 0.882. The molecule has 0 aromatic rings. The highest BCUT2D eigenvalue weighted by molar-refractivity contribution is 4.94. The van der Waals surface area contributed by atoms with Crippen molar-refractivity contribution in [2.75, 3.05) is 0 Å². The summed E-state index contributed by atoms with van der Waals surface area (Å²) < 4.78 is 0. The second kappa shape index (κ2) is 2.78. The Labute approximate surface area is 69.8 Å². The van der Waals surface area contributed by atoms with Gasteiger partial charge >= 0.3 is 0 Å². The summed E-state index contributed by atoms with van der Waals surface area (Å²) in [6.45, 7) is 4.73. The van der Waals surface area contributed by atoms with Gasteiger partial charge in [0, 0.05) is 18.1 Å². The van der Waals surface area contributed by atoms with Crippen molar-refractivity contribution in [2.45, 2.75) is 64.1 Å². The van der Waals surface area contributed by atoms with Gasteiger partial charge in [0.1, 0.15) is 0 Å². The Bertz CT molecular complexity index is 144. The first-order chi connectivity index (χ1) is 5.33. The van der Waals surface area contributed by atoms with Crippen molar-refractivity contribution in [1.82, 2.24) is 4.90 Å². The standard InChI is InChI=1S/C10H19N/c1-3-9-6-7-10-5-4-8(2)11(9)10/h8-10H,3-7H2,1-2H3. The molecule has 2 aliphatic heterocycles. The lowest BCUT2D eigenvalue weighted by Gasteiger charge is -2.27. The van der Waals surface area contributed by atoms with Gasteiger partial charge in [0.25, 0.3) is 0 Å². The van der Waals surface area contributed by atoms with E-state index in [9.17, 15) is 0 Å². The zero-order valence-corrected chi connectivity index (χ0v) is 7.71. The van der Waals surface area contributed by atoms with Gasteiger partial charge in [-0.3, -0.25) is 4.90 Å². The van der Waals surface area contributed by atoms with Crippen LogP contribution in [0.5, 0.6) is 0 Å². The van der Waals surface area contributed by atoms with E-state index in [0.29, 0.717) is 0 Å². The SMILES string of the molecule is CCC1CCC2CCC(C)N12. The minimum absolute atomic E-state index is 0.882. The molecule has 0 spiro atoms. The third-order valence-corrected chi connectivity index (χ3v) is 3.57. The van der Waals surface area contributed by atoms with E-state index in [1.807, 2.05) is 0 Å². The highest BCUT2D eigenvalue weighted by atomic mass is 15.2. The molecule has 0 aromatic carbocycles. The van der Waals surface area contributed by atoms with Crippen molar-refractivity contribution >= 4 is 0 Å². The molecule has 3 atom stereocenters. The number of nitrogens with zero attached hydrogens (tertiary/aromatic N) is 1. The lowest BCUT2D eigenvalue weighted by atomic mass is 10.1. The molecule has 1 heteroatoms. The summed E-state index contributed by atoms with van der Waals surface area (Å²) in [6.07, 6.45) is 7.22. The van der Waals surface area contributed by atoms with E-state index in [1.165, 1.54) is 32.1 Å². The normalized spacial score (nSPS) is 44.7. The molecule has 0 aromatic heterocycles. The fourth-order valence-corrected chi connectivity index (χ4v) is 2.99. The largest absolute Gasteiger partial charge is 0.295 e. The second-order valence-electron chi connectivity index (χ2n) is 4.17. The molecule has 0 aliphatic carbocycles. The van der Waals surface area contributed by atoms with Crippen LogP contribution >= 0.6 is 0 Å². The predicted molar refractivity (Wildman–Crippen MR) is 47.6 cm³/mol. The van der Waals surface area contributed by atoms with E-state index < -0.39 is 0 Å². The maximum Gasteiger partial charge on any atom is 0.0102 e. The summed E-state index contributed by atoms with van der Waals surface area (Å²) >= 11 is 0. The van der Waals surface area contributed by atoms with Crippen molar-refractivity contribution in [3.8, 4) is 0 Å². The molecule has 1 nitrogen and oxygen atoms in total. The van der Waals surface area contributed by atoms with Gasteiger partial charge in [-0.1, -0.05) is 6.92 Å². The van der Waals surface area contributed by atoms with Crippen LogP contribution in [0.4, 0.5) is 0 Å². The molecule has 0 N–H and O–H groups in total. The van der Waals surface area contributed by atoms with Gasteiger partial charge < -0.3 is 0 Å². The first-order valence-electron chi connectivity index (χ1n) is 5.10. The lowest BCUT2D eigenvalue weighted by molar-refractivity contribution is 0.187. The summed E-state index contributed by atoms with van der Waals surface area (Å²) in [5, 5.41) is 0. The lowest BCUT2D eigenvalue weighted by Crippen LogP contribution is -2.36. The van der Waals surface area contributed by atoms with Gasteiger partial charge in [-0.05, 0) is 39.0 Å². The van der Waals surface area contributed by atoms with Gasteiger partial charge in [-0.15, -0.1) is 0 Å². The van der Waals surface area contributed by atoms with Crippen LogP contribution in [0.3, 0.4) is 0 Å². The summed E-state index contributed by atoms with van der Waals surface area (Å²) in [7, 11) is 0. The Morgan fingerprint density at radius 3 is 2.64 bits per heavy atom. The molecule has 64 valence electrons. The maximum atomic E-state index is 2.78. The second-order valence-corrected chi connectivity index (χ2v) is 4.17. The van der Waals surface area contributed by atoms with Crippen molar-refractivity contribution in [3.05, 3.63) is 0 Å². The van der Waals surface area contributed by atoms with E-state index in [0.717, 1.165) is 18.1 Å². The average molecular weight is 153 g/mol. The monoisotopic (exact) mass is 153 g/mol. The van der Waals surface area contributed by atoms with Crippen LogP contribution in [-0.2, 0) is 0 Å². The Morgan fingerprint density at radius 2 is 1.91 bits per heavy atom. The van der Waals surface area contributed by atoms with Crippen LogP contribution in [0.1, 0.15) is 46.0 Å².